The van der Waals surface area contributed by atoms with E-state index >= 15 is 0 Å². The Kier molecular flexibility index (Phi) is 6.07. The second-order valence-electron chi connectivity index (χ2n) is 4.01. The van der Waals surface area contributed by atoms with Crippen LogP contribution in [0.4, 0.5) is 11.5 Å². The van der Waals surface area contributed by atoms with Gasteiger partial charge in [-0.15, -0.1) is 0 Å². The molecular weight excluding hydrogens is 234 g/mol. The Balaban J connectivity index is 2.35. The summed E-state index contributed by atoms with van der Waals surface area (Å²) in [6, 6.07) is 1.67. The zero-order valence-electron chi connectivity index (χ0n) is 10.8. The quantitative estimate of drug-likeness (QED) is 0.437. The minimum atomic E-state index is -0.431. The molecule has 0 bridgehead atoms. The molecule has 1 heterocycles. The fraction of sp³-hybridized carbons (Fsp3) is 0.583. The first-order valence-electron chi connectivity index (χ1n) is 6.07. The summed E-state index contributed by atoms with van der Waals surface area (Å²) in [5, 5.41) is 13.7. The van der Waals surface area contributed by atoms with E-state index in [1.165, 1.54) is 6.20 Å². The van der Waals surface area contributed by atoms with E-state index in [9.17, 15) is 10.1 Å². The van der Waals surface area contributed by atoms with Crippen molar-refractivity contribution in [2.24, 2.45) is 0 Å². The third-order valence-electron chi connectivity index (χ3n) is 2.47. The largest absolute Gasteiger partial charge is 0.380 e. The van der Waals surface area contributed by atoms with Crippen molar-refractivity contribution in [1.29, 1.82) is 0 Å². The Morgan fingerprint density at radius 2 is 2.28 bits per heavy atom. The summed E-state index contributed by atoms with van der Waals surface area (Å²) in [5.41, 5.74) is 0.643. The van der Waals surface area contributed by atoms with Gasteiger partial charge in [-0.3, -0.25) is 10.1 Å². The number of nitro groups is 1. The van der Waals surface area contributed by atoms with Crippen LogP contribution in [0.15, 0.2) is 12.3 Å². The van der Waals surface area contributed by atoms with E-state index in [-0.39, 0.29) is 5.69 Å². The average Bonchev–Trinajstić information content (AvgIpc) is 2.33. The SMILES string of the molecule is CCCCOCCNc1cc(C)c([N+](=O)[O-])cn1. The normalized spacial score (nSPS) is 10.3. The fourth-order valence-electron chi connectivity index (χ4n) is 1.44. The first-order chi connectivity index (χ1) is 8.65. The first kappa shape index (κ1) is 14.4. The number of hydrogen-bond donors (Lipinski definition) is 1. The summed E-state index contributed by atoms with van der Waals surface area (Å²) >= 11 is 0. The molecule has 6 heteroatoms. The molecule has 0 saturated carbocycles. The molecule has 0 spiro atoms. The van der Waals surface area contributed by atoms with Crippen LogP contribution in [-0.2, 0) is 4.74 Å². The standard InChI is InChI=1S/C12H19N3O3/c1-3-4-6-18-7-5-13-12-8-10(2)11(9-14-12)15(16)17/h8-9H,3-7H2,1-2H3,(H,13,14). The van der Waals surface area contributed by atoms with Crippen molar-refractivity contribution in [3.8, 4) is 0 Å². The van der Waals surface area contributed by atoms with Gasteiger partial charge < -0.3 is 10.1 Å². The number of aryl methyl sites for hydroxylation is 1. The lowest BCUT2D eigenvalue weighted by Gasteiger charge is -2.07. The summed E-state index contributed by atoms with van der Waals surface area (Å²) in [6.45, 7) is 5.84. The zero-order chi connectivity index (χ0) is 13.4. The molecule has 1 N–H and O–H groups in total. The van der Waals surface area contributed by atoms with E-state index in [0.717, 1.165) is 19.4 Å². The molecule has 0 aliphatic heterocycles. The molecule has 0 unspecified atom stereocenters. The van der Waals surface area contributed by atoms with Crippen molar-refractivity contribution in [3.05, 3.63) is 27.9 Å². The minimum Gasteiger partial charge on any atom is -0.380 e. The molecule has 0 fully saturated rings. The van der Waals surface area contributed by atoms with E-state index in [0.29, 0.717) is 24.5 Å². The number of anilines is 1. The summed E-state index contributed by atoms with van der Waals surface area (Å²) < 4.78 is 5.39. The molecule has 0 radical (unpaired) electrons. The van der Waals surface area contributed by atoms with Crippen LogP contribution in [0.1, 0.15) is 25.3 Å². The van der Waals surface area contributed by atoms with Gasteiger partial charge in [-0.25, -0.2) is 4.98 Å². The van der Waals surface area contributed by atoms with Crippen LogP contribution in [0.2, 0.25) is 0 Å². The molecule has 0 saturated heterocycles. The molecule has 100 valence electrons. The van der Waals surface area contributed by atoms with E-state index in [1.54, 1.807) is 13.0 Å². The molecule has 0 aromatic carbocycles. The van der Waals surface area contributed by atoms with E-state index in [4.69, 9.17) is 4.74 Å². The van der Waals surface area contributed by atoms with Crippen LogP contribution < -0.4 is 5.32 Å². The van der Waals surface area contributed by atoms with Crippen molar-refractivity contribution in [2.45, 2.75) is 26.7 Å². The van der Waals surface area contributed by atoms with E-state index in [1.807, 2.05) is 0 Å². The molecule has 1 rings (SSSR count). The molecule has 0 aliphatic carbocycles. The van der Waals surface area contributed by atoms with Crippen molar-refractivity contribution >= 4 is 11.5 Å². The maximum absolute atomic E-state index is 10.6. The predicted molar refractivity (Wildman–Crippen MR) is 69.8 cm³/mol. The second-order valence-corrected chi connectivity index (χ2v) is 4.01. The number of nitrogens with one attached hydrogen (secondary N) is 1. The highest BCUT2D eigenvalue weighted by Gasteiger charge is 2.10. The maximum Gasteiger partial charge on any atom is 0.290 e. The first-order valence-corrected chi connectivity index (χ1v) is 6.07. The van der Waals surface area contributed by atoms with Crippen molar-refractivity contribution in [1.82, 2.24) is 4.98 Å². The van der Waals surface area contributed by atoms with Crippen molar-refractivity contribution in [3.63, 3.8) is 0 Å². The third kappa shape index (κ3) is 4.67. The van der Waals surface area contributed by atoms with Gasteiger partial charge in [0.15, 0.2) is 0 Å². The highest BCUT2D eigenvalue weighted by Crippen LogP contribution is 2.18. The van der Waals surface area contributed by atoms with Crippen LogP contribution in [-0.4, -0.2) is 29.7 Å². The Morgan fingerprint density at radius 3 is 2.89 bits per heavy atom. The van der Waals surface area contributed by atoms with Gasteiger partial charge in [0.1, 0.15) is 12.0 Å². The Labute approximate surface area is 107 Å². The van der Waals surface area contributed by atoms with Gasteiger partial charge >= 0.3 is 0 Å². The number of aromatic nitrogens is 1. The van der Waals surface area contributed by atoms with Crippen LogP contribution in [0.5, 0.6) is 0 Å². The monoisotopic (exact) mass is 253 g/mol. The van der Waals surface area contributed by atoms with Gasteiger partial charge in [0, 0.05) is 18.7 Å². The number of rotatable bonds is 8. The summed E-state index contributed by atoms with van der Waals surface area (Å²) in [7, 11) is 0. The van der Waals surface area contributed by atoms with Gasteiger partial charge in [-0.05, 0) is 19.4 Å². The Morgan fingerprint density at radius 1 is 1.50 bits per heavy atom. The van der Waals surface area contributed by atoms with Gasteiger partial charge in [0.05, 0.1) is 11.5 Å². The summed E-state index contributed by atoms with van der Waals surface area (Å²) in [4.78, 5) is 14.2. The number of hydrogen-bond acceptors (Lipinski definition) is 5. The van der Waals surface area contributed by atoms with Crippen molar-refractivity contribution < 1.29 is 9.66 Å². The lowest BCUT2D eigenvalue weighted by molar-refractivity contribution is -0.385. The summed E-state index contributed by atoms with van der Waals surface area (Å²) in [5.74, 6) is 0.636. The lowest BCUT2D eigenvalue weighted by atomic mass is 10.2. The summed E-state index contributed by atoms with van der Waals surface area (Å²) in [6.07, 6.45) is 3.46. The molecular formula is C12H19N3O3. The zero-order valence-corrected chi connectivity index (χ0v) is 10.8. The minimum absolute atomic E-state index is 0.0414. The molecule has 18 heavy (non-hydrogen) atoms. The maximum atomic E-state index is 10.6. The fourth-order valence-corrected chi connectivity index (χ4v) is 1.44. The van der Waals surface area contributed by atoms with E-state index in [2.05, 4.69) is 17.2 Å². The predicted octanol–water partition coefficient (Wildman–Crippen LogP) is 2.53. The van der Waals surface area contributed by atoms with Gasteiger partial charge in [-0.1, -0.05) is 13.3 Å². The molecule has 0 atom stereocenters. The lowest BCUT2D eigenvalue weighted by Crippen LogP contribution is -2.11. The number of ether oxygens (including phenoxy) is 1. The number of pyridine rings is 1. The molecule has 1 aromatic heterocycles. The van der Waals surface area contributed by atoms with Crippen LogP contribution in [0.3, 0.4) is 0 Å². The van der Waals surface area contributed by atoms with Crippen molar-refractivity contribution in [2.75, 3.05) is 25.1 Å². The number of nitrogens with zero attached hydrogens (tertiary/aromatic N) is 2. The Hall–Kier alpha value is -1.69. The third-order valence-corrected chi connectivity index (χ3v) is 2.47. The topological polar surface area (TPSA) is 77.3 Å². The van der Waals surface area contributed by atoms with Gasteiger partial charge in [-0.2, -0.15) is 0 Å². The smallest absolute Gasteiger partial charge is 0.290 e. The highest BCUT2D eigenvalue weighted by molar-refractivity contribution is 5.46. The molecule has 1 aromatic rings. The molecule has 6 nitrogen and oxygen atoms in total. The van der Waals surface area contributed by atoms with E-state index < -0.39 is 4.92 Å². The Bertz CT molecular complexity index is 396. The van der Waals surface area contributed by atoms with Gasteiger partial charge in [0.25, 0.3) is 5.69 Å². The van der Waals surface area contributed by atoms with Gasteiger partial charge in [0.2, 0.25) is 0 Å². The highest BCUT2D eigenvalue weighted by atomic mass is 16.6. The van der Waals surface area contributed by atoms with Crippen LogP contribution >= 0.6 is 0 Å². The average molecular weight is 253 g/mol. The second kappa shape index (κ2) is 7.60. The van der Waals surface area contributed by atoms with Crippen LogP contribution in [0.25, 0.3) is 0 Å². The molecule has 0 amide bonds. The van der Waals surface area contributed by atoms with Crippen LogP contribution in [0, 0.1) is 17.0 Å². The molecule has 0 aliphatic rings. The number of unbranched alkanes of at least 4 members (excludes halogenated alkanes) is 1.